The SMILES string of the molecule is [F-].[F-].[F-].[F-].[F-].[F-].[Sr+2]. The molecule has 0 rings (SSSR count). The Morgan fingerprint density at radius 2 is 0.286 bits per heavy atom. The predicted molar refractivity (Wildman–Crippen MR) is 5.75 cm³/mol. The molecule has 0 spiro atoms. The van der Waals surface area contributed by atoms with Crippen molar-refractivity contribution in [2.24, 2.45) is 0 Å². The number of hydrogen-bond acceptors (Lipinski definition) is 0. The topological polar surface area (TPSA) is 0 Å². The first-order valence-electron chi connectivity index (χ1n) is 0. The molecular formula is F6Sr-4. The second-order valence-electron chi connectivity index (χ2n) is 0. The summed E-state index contributed by atoms with van der Waals surface area (Å²) in [6.45, 7) is 0. The van der Waals surface area contributed by atoms with Gasteiger partial charge in [-0.05, 0) is 0 Å². The first kappa shape index (κ1) is 357. The van der Waals surface area contributed by atoms with Crippen molar-refractivity contribution < 1.29 is 28.2 Å². The molecule has 7 heteroatoms. The largest absolute Gasteiger partial charge is 2.00 e. The molecule has 0 aromatic heterocycles. The summed E-state index contributed by atoms with van der Waals surface area (Å²) in [6, 6.07) is 0. The van der Waals surface area contributed by atoms with E-state index in [0.717, 1.165) is 0 Å². The van der Waals surface area contributed by atoms with Crippen LogP contribution in [0.4, 0.5) is 0 Å². The Morgan fingerprint density at radius 3 is 0.286 bits per heavy atom. The van der Waals surface area contributed by atoms with Crippen LogP contribution in [0.25, 0.3) is 0 Å². The molecule has 7 heavy (non-hydrogen) atoms. The Bertz CT molecular complexity index is 4.14. The van der Waals surface area contributed by atoms with E-state index in [1.54, 1.807) is 0 Å². The quantitative estimate of drug-likeness (QED) is 0.270. The van der Waals surface area contributed by atoms with Crippen molar-refractivity contribution in [1.82, 2.24) is 0 Å². The molecule has 0 fully saturated rings. The Kier molecular flexibility index (Phi) is 11800. The van der Waals surface area contributed by atoms with E-state index in [-0.39, 0.29) is 73.7 Å². The summed E-state index contributed by atoms with van der Waals surface area (Å²) in [5, 5.41) is 0. The summed E-state index contributed by atoms with van der Waals surface area (Å²) in [6.07, 6.45) is 0. The normalized spacial score (nSPS) is 0. The van der Waals surface area contributed by atoms with Gasteiger partial charge >= 0.3 is 45.5 Å². The Morgan fingerprint density at radius 1 is 0.286 bits per heavy atom. The standard InChI is InChI=1S/6FH.Sr/h6*1H;/q;;;;;;+2/p-6. The summed E-state index contributed by atoms with van der Waals surface area (Å²) < 4.78 is 0. The van der Waals surface area contributed by atoms with E-state index in [4.69, 9.17) is 0 Å². The Labute approximate surface area is 73.1 Å². The molecule has 0 radical (unpaired) electrons. The van der Waals surface area contributed by atoms with E-state index in [1.165, 1.54) is 0 Å². The van der Waals surface area contributed by atoms with Gasteiger partial charge in [0, 0.05) is 0 Å². The van der Waals surface area contributed by atoms with E-state index in [1.807, 2.05) is 0 Å². The average molecular weight is 202 g/mol. The van der Waals surface area contributed by atoms with E-state index in [0.29, 0.717) is 0 Å². The molecule has 0 atom stereocenters. The molecule has 0 N–H and O–H groups in total. The molecule has 0 aliphatic rings. The van der Waals surface area contributed by atoms with Crippen LogP contribution in [0.1, 0.15) is 0 Å². The van der Waals surface area contributed by atoms with Gasteiger partial charge in [-0.3, -0.25) is 0 Å². The van der Waals surface area contributed by atoms with E-state index < -0.39 is 0 Å². The van der Waals surface area contributed by atoms with Gasteiger partial charge in [0.15, 0.2) is 0 Å². The summed E-state index contributed by atoms with van der Waals surface area (Å²) in [7, 11) is 0. The minimum atomic E-state index is 0. The fourth-order valence-corrected chi connectivity index (χ4v) is 0. The monoisotopic (exact) mass is 202 g/mol. The molecule has 0 saturated heterocycles. The number of hydrogen-bond donors (Lipinski definition) is 0. The van der Waals surface area contributed by atoms with Crippen LogP contribution >= 0.6 is 0 Å². The number of rotatable bonds is 0. The fraction of sp³-hybridized carbons (Fsp3) is 0. The molecule has 0 nitrogen and oxygen atoms in total. The first-order chi connectivity index (χ1) is 0. The maximum absolute atomic E-state index is 0. The van der Waals surface area contributed by atoms with Crippen LogP contribution < -0.4 is 28.2 Å². The Balaban J connectivity index is 0. The maximum atomic E-state index is 0. The summed E-state index contributed by atoms with van der Waals surface area (Å²) in [4.78, 5) is 0. The van der Waals surface area contributed by atoms with Gasteiger partial charge in [0.1, 0.15) is 0 Å². The zero-order chi connectivity index (χ0) is 0. The van der Waals surface area contributed by atoms with Crippen molar-refractivity contribution >= 4 is 45.5 Å². The molecule has 0 amide bonds. The average Bonchev–Trinajstić information content (AvgIpc) is 0. The van der Waals surface area contributed by atoms with Gasteiger partial charge in [-0.2, -0.15) is 0 Å². The molecule has 0 aromatic rings. The van der Waals surface area contributed by atoms with Crippen molar-refractivity contribution in [1.29, 1.82) is 0 Å². The van der Waals surface area contributed by atoms with Gasteiger partial charge in [-0.1, -0.05) is 0 Å². The van der Waals surface area contributed by atoms with Crippen LogP contribution in [-0.4, -0.2) is 45.5 Å². The van der Waals surface area contributed by atoms with E-state index >= 15 is 0 Å². The molecule has 48 valence electrons. The minimum absolute atomic E-state index is 0. The van der Waals surface area contributed by atoms with Crippen LogP contribution in [-0.2, 0) is 0 Å². The van der Waals surface area contributed by atoms with Crippen LogP contribution in [0.5, 0.6) is 0 Å². The number of halogens is 6. The predicted octanol–water partition coefficient (Wildman–Crippen LogP) is -18.4. The fourth-order valence-electron chi connectivity index (χ4n) is 0. The van der Waals surface area contributed by atoms with Gasteiger partial charge in [0.25, 0.3) is 0 Å². The summed E-state index contributed by atoms with van der Waals surface area (Å²) >= 11 is 0. The van der Waals surface area contributed by atoms with Gasteiger partial charge in [-0.15, -0.1) is 0 Å². The smallest absolute Gasteiger partial charge is 1.00 e. The van der Waals surface area contributed by atoms with Gasteiger partial charge < -0.3 is 28.2 Å². The van der Waals surface area contributed by atoms with Crippen LogP contribution in [0.15, 0.2) is 0 Å². The summed E-state index contributed by atoms with van der Waals surface area (Å²) in [5.41, 5.74) is 0. The Hall–Kier alpha value is 1.06. The third kappa shape index (κ3) is 161. The van der Waals surface area contributed by atoms with Crippen LogP contribution in [0.3, 0.4) is 0 Å². The first-order valence-corrected chi connectivity index (χ1v) is 0. The molecule has 0 bridgehead atoms. The second kappa shape index (κ2) is 231. The van der Waals surface area contributed by atoms with Gasteiger partial charge in [0.2, 0.25) is 0 Å². The van der Waals surface area contributed by atoms with Crippen LogP contribution in [0, 0.1) is 0 Å². The maximum Gasteiger partial charge on any atom is 2.00 e. The molecular weight excluding hydrogens is 202 g/mol. The molecule has 0 unspecified atom stereocenters. The molecule has 0 saturated carbocycles. The third-order valence-electron chi connectivity index (χ3n) is 0. The van der Waals surface area contributed by atoms with Gasteiger partial charge in [0.05, 0.1) is 0 Å². The minimum Gasteiger partial charge on any atom is -1.00 e. The molecule has 0 aliphatic carbocycles. The van der Waals surface area contributed by atoms with Crippen molar-refractivity contribution in [2.75, 3.05) is 0 Å². The van der Waals surface area contributed by atoms with E-state index in [9.17, 15) is 0 Å². The van der Waals surface area contributed by atoms with Crippen LogP contribution in [0.2, 0.25) is 0 Å². The molecule has 0 aliphatic heterocycles. The second-order valence-corrected chi connectivity index (χ2v) is 0. The van der Waals surface area contributed by atoms with Crippen molar-refractivity contribution in [3.8, 4) is 0 Å². The zero-order valence-corrected chi connectivity index (χ0v) is 6.45. The van der Waals surface area contributed by atoms with Crippen molar-refractivity contribution in [2.45, 2.75) is 0 Å². The van der Waals surface area contributed by atoms with E-state index in [2.05, 4.69) is 0 Å². The van der Waals surface area contributed by atoms with Crippen molar-refractivity contribution in [3.05, 3.63) is 0 Å². The zero-order valence-electron chi connectivity index (χ0n) is 2.97. The van der Waals surface area contributed by atoms with Crippen molar-refractivity contribution in [3.63, 3.8) is 0 Å². The molecule has 0 aromatic carbocycles. The van der Waals surface area contributed by atoms with Gasteiger partial charge in [-0.25, -0.2) is 0 Å². The summed E-state index contributed by atoms with van der Waals surface area (Å²) in [5.74, 6) is 0. The molecule has 0 heterocycles. The third-order valence-corrected chi connectivity index (χ3v) is 0.